The Morgan fingerprint density at radius 3 is 2.48 bits per heavy atom. The molecule has 1 saturated carbocycles. The van der Waals surface area contributed by atoms with Crippen LogP contribution < -0.4 is 10.6 Å². The number of hydrogen-bond acceptors (Lipinski definition) is 4. The van der Waals surface area contributed by atoms with Gasteiger partial charge in [-0.25, -0.2) is 0 Å². The first-order chi connectivity index (χ1) is 15.8. The molecular weight excluding hydrogens is 410 g/mol. The maximum atomic E-state index is 10.2. The Balaban J connectivity index is 1.49. The van der Waals surface area contributed by atoms with Gasteiger partial charge in [-0.1, -0.05) is 36.4 Å². The fourth-order valence-electron chi connectivity index (χ4n) is 5.33. The van der Waals surface area contributed by atoms with Crippen LogP contribution in [-0.2, 0) is 19.3 Å². The molecule has 2 aromatic carbocycles. The van der Waals surface area contributed by atoms with E-state index in [9.17, 15) is 10.4 Å². The second-order valence-electron chi connectivity index (χ2n) is 9.96. The van der Waals surface area contributed by atoms with Crippen LogP contribution in [0.3, 0.4) is 0 Å². The topological polar surface area (TPSA) is 83.7 Å². The zero-order valence-corrected chi connectivity index (χ0v) is 20.2. The van der Waals surface area contributed by atoms with Crippen molar-refractivity contribution >= 4 is 5.96 Å². The van der Waals surface area contributed by atoms with Crippen molar-refractivity contribution in [3.8, 4) is 11.9 Å². The number of aromatic hydroxyl groups is 1. The number of guanidine groups is 1. The number of aryl methyl sites for hydroxylation is 3. The number of hydrogen-bond donors (Lipinski definition) is 3. The van der Waals surface area contributed by atoms with Crippen LogP contribution >= 0.6 is 0 Å². The molecule has 174 valence electrons. The molecule has 2 aliphatic carbocycles. The molecule has 3 N–H and O–H groups in total. The number of aliphatic imine (C=N–C) groups is 1. The molecule has 0 amide bonds. The Morgan fingerprint density at radius 1 is 1.21 bits per heavy atom. The average Bonchev–Trinajstić information content (AvgIpc) is 3.55. The van der Waals surface area contributed by atoms with Crippen molar-refractivity contribution in [1.29, 1.82) is 5.26 Å². The van der Waals surface area contributed by atoms with Gasteiger partial charge in [0.25, 0.3) is 0 Å². The maximum Gasteiger partial charge on any atom is 0.209 e. The lowest BCUT2D eigenvalue weighted by Crippen LogP contribution is -2.57. The van der Waals surface area contributed by atoms with Gasteiger partial charge in [-0.15, -0.1) is 4.99 Å². The quantitative estimate of drug-likeness (QED) is 0.360. The van der Waals surface area contributed by atoms with Gasteiger partial charge in [0.05, 0.1) is 5.54 Å². The monoisotopic (exact) mass is 445 g/mol. The molecule has 2 aromatic rings. The van der Waals surface area contributed by atoms with E-state index in [1.54, 1.807) is 0 Å². The van der Waals surface area contributed by atoms with Crippen LogP contribution in [0.2, 0.25) is 0 Å². The van der Waals surface area contributed by atoms with Crippen molar-refractivity contribution in [3.63, 3.8) is 0 Å². The maximum absolute atomic E-state index is 10.2. The highest BCUT2D eigenvalue weighted by molar-refractivity contribution is 5.82. The molecule has 1 fully saturated rings. The van der Waals surface area contributed by atoms with Gasteiger partial charge in [-0.2, -0.15) is 5.26 Å². The molecule has 0 aromatic heterocycles. The summed E-state index contributed by atoms with van der Waals surface area (Å²) in [7, 11) is 4.22. The standard InChI is InChI=1S/C27H35N5O/c1-18-13-20(14-19(2)25(18)33)15-24(32(3)4)27(11-12-27)31-26(29-17-28)30-23-10-9-21-7-5-6-8-22(21)16-23/h5-8,13-14,23-24,33H,9-12,15-16H2,1-4H3,(H2,29,30,31). The van der Waals surface area contributed by atoms with Gasteiger partial charge in [0.2, 0.25) is 12.2 Å². The van der Waals surface area contributed by atoms with Gasteiger partial charge in [0.15, 0.2) is 0 Å². The van der Waals surface area contributed by atoms with E-state index in [2.05, 4.69) is 71.0 Å². The minimum absolute atomic E-state index is 0.127. The molecule has 6 nitrogen and oxygen atoms in total. The summed E-state index contributed by atoms with van der Waals surface area (Å²) >= 11 is 0. The summed E-state index contributed by atoms with van der Waals surface area (Å²) in [5.74, 6) is 0.963. The molecule has 4 rings (SSSR count). The van der Waals surface area contributed by atoms with Gasteiger partial charge in [-0.05, 0) is 94.3 Å². The molecule has 0 radical (unpaired) electrons. The van der Waals surface area contributed by atoms with Gasteiger partial charge in [0, 0.05) is 12.1 Å². The number of nitriles is 1. The van der Waals surface area contributed by atoms with E-state index in [-0.39, 0.29) is 17.6 Å². The van der Waals surface area contributed by atoms with Crippen LogP contribution in [0.5, 0.6) is 5.75 Å². The molecule has 2 aliphatic rings. The van der Waals surface area contributed by atoms with E-state index in [4.69, 9.17) is 0 Å². The molecule has 6 heteroatoms. The third-order valence-corrected chi connectivity index (χ3v) is 7.25. The average molecular weight is 446 g/mol. The van der Waals surface area contributed by atoms with Crippen LogP contribution in [0, 0.1) is 25.3 Å². The minimum Gasteiger partial charge on any atom is -0.507 e. The highest BCUT2D eigenvalue weighted by Gasteiger charge is 2.51. The van der Waals surface area contributed by atoms with E-state index >= 15 is 0 Å². The molecule has 33 heavy (non-hydrogen) atoms. The smallest absolute Gasteiger partial charge is 0.209 e. The number of likely N-dealkylation sites (N-methyl/N-ethyl adjacent to an activating group) is 1. The Bertz CT molecular complexity index is 1060. The van der Waals surface area contributed by atoms with Crippen LogP contribution in [0.1, 0.15) is 47.1 Å². The summed E-state index contributed by atoms with van der Waals surface area (Å²) in [4.78, 5) is 6.40. The van der Waals surface area contributed by atoms with E-state index in [1.165, 1.54) is 16.7 Å². The van der Waals surface area contributed by atoms with Crippen LogP contribution in [0.25, 0.3) is 0 Å². The zero-order chi connectivity index (χ0) is 23.6. The van der Waals surface area contributed by atoms with Crippen molar-refractivity contribution in [1.82, 2.24) is 15.5 Å². The predicted octanol–water partition coefficient (Wildman–Crippen LogP) is 3.59. The number of benzene rings is 2. The highest BCUT2D eigenvalue weighted by atomic mass is 16.3. The second-order valence-corrected chi connectivity index (χ2v) is 9.96. The molecule has 0 bridgehead atoms. The Labute approximate surface area is 197 Å². The molecular formula is C27H35N5O. The van der Waals surface area contributed by atoms with Gasteiger partial charge < -0.3 is 20.6 Å². The Kier molecular flexibility index (Phi) is 6.62. The van der Waals surface area contributed by atoms with Crippen molar-refractivity contribution < 1.29 is 5.11 Å². The number of phenols is 1. The largest absolute Gasteiger partial charge is 0.507 e. The summed E-state index contributed by atoms with van der Waals surface area (Å²) in [5.41, 5.74) is 5.71. The summed E-state index contributed by atoms with van der Waals surface area (Å²) in [5, 5.41) is 26.7. The van der Waals surface area contributed by atoms with Crippen molar-refractivity contribution in [2.75, 3.05) is 14.1 Å². The number of rotatable bonds is 6. The third kappa shape index (κ3) is 5.15. The van der Waals surface area contributed by atoms with E-state index in [1.807, 2.05) is 20.0 Å². The van der Waals surface area contributed by atoms with E-state index < -0.39 is 0 Å². The van der Waals surface area contributed by atoms with E-state index in [0.29, 0.717) is 11.7 Å². The fraction of sp³-hybridized carbons (Fsp3) is 0.481. The fourth-order valence-corrected chi connectivity index (χ4v) is 5.33. The van der Waals surface area contributed by atoms with Gasteiger partial charge in [-0.3, -0.25) is 0 Å². The SMILES string of the molecule is Cc1cc(CC(N(C)C)C2(NC(=NC#N)NC3CCc4ccccc4C3)CC2)cc(C)c1O. The Morgan fingerprint density at radius 2 is 1.88 bits per heavy atom. The van der Waals surface area contributed by atoms with Crippen LogP contribution in [0.4, 0.5) is 0 Å². The first-order valence-electron chi connectivity index (χ1n) is 11.8. The van der Waals surface area contributed by atoms with Crippen molar-refractivity contribution in [2.24, 2.45) is 4.99 Å². The normalized spacial score (nSPS) is 20.0. The number of nitrogens with zero attached hydrogens (tertiary/aromatic N) is 3. The van der Waals surface area contributed by atoms with Crippen molar-refractivity contribution in [3.05, 3.63) is 64.2 Å². The lowest BCUT2D eigenvalue weighted by molar-refractivity contribution is 0.226. The summed E-state index contributed by atoms with van der Waals surface area (Å²) < 4.78 is 0. The molecule has 0 saturated heterocycles. The van der Waals surface area contributed by atoms with Gasteiger partial charge >= 0.3 is 0 Å². The minimum atomic E-state index is -0.127. The van der Waals surface area contributed by atoms with Crippen molar-refractivity contribution in [2.45, 2.75) is 70.0 Å². The second kappa shape index (κ2) is 9.44. The molecule has 0 aliphatic heterocycles. The predicted molar refractivity (Wildman–Crippen MR) is 132 cm³/mol. The first-order valence-corrected chi connectivity index (χ1v) is 11.8. The lowest BCUT2D eigenvalue weighted by Gasteiger charge is -2.35. The van der Waals surface area contributed by atoms with E-state index in [0.717, 1.165) is 49.7 Å². The number of fused-ring (bicyclic) bond motifs is 1. The molecule has 2 atom stereocenters. The summed E-state index contributed by atoms with van der Waals surface area (Å²) in [6.45, 7) is 3.90. The first kappa shape index (κ1) is 23.1. The highest BCUT2D eigenvalue weighted by Crippen LogP contribution is 2.42. The number of phenolic OH excluding ortho intramolecular Hbond substituents is 1. The lowest BCUT2D eigenvalue weighted by atomic mass is 9.88. The molecule has 0 heterocycles. The third-order valence-electron chi connectivity index (χ3n) is 7.25. The molecule has 2 unspecified atom stereocenters. The van der Waals surface area contributed by atoms with Crippen LogP contribution in [-0.4, -0.2) is 47.7 Å². The summed E-state index contributed by atoms with van der Waals surface area (Å²) in [6.07, 6.45) is 7.92. The van der Waals surface area contributed by atoms with Crippen LogP contribution in [0.15, 0.2) is 41.4 Å². The summed E-state index contributed by atoms with van der Waals surface area (Å²) in [6, 6.07) is 13.3. The number of nitrogens with one attached hydrogen (secondary N) is 2. The van der Waals surface area contributed by atoms with Gasteiger partial charge in [0.1, 0.15) is 5.75 Å². The Hall–Kier alpha value is -3.04. The zero-order valence-electron chi connectivity index (χ0n) is 20.2. The molecule has 0 spiro atoms.